The Morgan fingerprint density at radius 2 is 1.89 bits per heavy atom. The molecule has 4 heteroatoms. The molecule has 0 bridgehead atoms. The number of carbonyl (C=O) groups excluding carboxylic acids is 1. The summed E-state index contributed by atoms with van der Waals surface area (Å²) in [6.45, 7) is 1.98. The summed E-state index contributed by atoms with van der Waals surface area (Å²) in [5, 5.41) is 7.93. The molecule has 0 atom stereocenters. The van der Waals surface area contributed by atoms with E-state index in [1.807, 2.05) is 43.3 Å². The monoisotopic (exact) mass is 237 g/mol. The summed E-state index contributed by atoms with van der Waals surface area (Å²) in [6, 6.07) is 14.8. The highest BCUT2D eigenvalue weighted by atomic mass is 16.2. The van der Waals surface area contributed by atoms with E-state index < -0.39 is 0 Å². The van der Waals surface area contributed by atoms with E-state index in [0.29, 0.717) is 5.56 Å². The smallest absolute Gasteiger partial charge is 0.267 e. The van der Waals surface area contributed by atoms with Crippen molar-refractivity contribution in [1.29, 1.82) is 0 Å². The second-order valence-corrected chi connectivity index (χ2v) is 4.16. The van der Waals surface area contributed by atoms with Gasteiger partial charge in [-0.2, -0.15) is 4.68 Å². The maximum absolute atomic E-state index is 12.3. The van der Waals surface area contributed by atoms with E-state index in [2.05, 4.69) is 10.3 Å². The number of aryl methyl sites for hydroxylation is 1. The summed E-state index contributed by atoms with van der Waals surface area (Å²) in [7, 11) is 0. The van der Waals surface area contributed by atoms with E-state index in [0.717, 1.165) is 16.6 Å². The predicted octanol–water partition coefficient (Wildman–Crippen LogP) is 2.43. The summed E-state index contributed by atoms with van der Waals surface area (Å²) in [5.74, 6) is -0.163. The molecule has 0 aliphatic heterocycles. The van der Waals surface area contributed by atoms with Gasteiger partial charge in [-0.15, -0.1) is 5.10 Å². The summed E-state index contributed by atoms with van der Waals surface area (Å²) in [5.41, 5.74) is 3.14. The molecule has 0 unspecified atom stereocenters. The van der Waals surface area contributed by atoms with Gasteiger partial charge in [0, 0.05) is 5.56 Å². The highest BCUT2D eigenvalue weighted by molar-refractivity contribution is 6.00. The Morgan fingerprint density at radius 1 is 1.11 bits per heavy atom. The van der Waals surface area contributed by atoms with Crippen LogP contribution in [0.1, 0.15) is 15.9 Å². The van der Waals surface area contributed by atoms with Crippen LogP contribution in [0.25, 0.3) is 11.0 Å². The fourth-order valence-corrected chi connectivity index (χ4v) is 1.88. The lowest BCUT2D eigenvalue weighted by Gasteiger charge is -2.01. The Bertz CT molecular complexity index is 716. The number of hydrogen-bond donors (Lipinski definition) is 0. The van der Waals surface area contributed by atoms with Gasteiger partial charge in [-0.1, -0.05) is 29.5 Å². The minimum Gasteiger partial charge on any atom is -0.267 e. The van der Waals surface area contributed by atoms with Crippen LogP contribution >= 0.6 is 0 Å². The summed E-state index contributed by atoms with van der Waals surface area (Å²) < 4.78 is 1.34. The molecular formula is C14H11N3O. The number of carbonyl (C=O) groups is 1. The molecule has 0 fully saturated rings. The maximum atomic E-state index is 12.3. The van der Waals surface area contributed by atoms with E-state index in [-0.39, 0.29) is 5.91 Å². The van der Waals surface area contributed by atoms with Crippen molar-refractivity contribution in [2.45, 2.75) is 6.92 Å². The molecule has 0 aliphatic carbocycles. The fraction of sp³-hybridized carbons (Fsp3) is 0.0714. The Balaban J connectivity index is 2.15. The van der Waals surface area contributed by atoms with Gasteiger partial charge < -0.3 is 0 Å². The zero-order valence-electron chi connectivity index (χ0n) is 9.87. The van der Waals surface area contributed by atoms with E-state index in [9.17, 15) is 4.79 Å². The second-order valence-electron chi connectivity index (χ2n) is 4.16. The van der Waals surface area contributed by atoms with Crippen molar-refractivity contribution in [1.82, 2.24) is 15.0 Å². The lowest BCUT2D eigenvalue weighted by Crippen LogP contribution is -2.13. The standard InChI is InChI=1S/C14H11N3O/c1-10-7-8-12-13(9-10)17(16-15-12)14(18)11-5-3-2-4-6-11/h2-9H,1H3. The van der Waals surface area contributed by atoms with Gasteiger partial charge in [0.05, 0.1) is 5.52 Å². The van der Waals surface area contributed by atoms with Gasteiger partial charge in [0.25, 0.3) is 5.91 Å². The molecule has 88 valence electrons. The van der Waals surface area contributed by atoms with E-state index >= 15 is 0 Å². The molecule has 1 aromatic heterocycles. The average Bonchev–Trinajstić information content (AvgIpc) is 2.82. The molecule has 3 aromatic rings. The fourth-order valence-electron chi connectivity index (χ4n) is 1.88. The van der Waals surface area contributed by atoms with E-state index in [1.165, 1.54) is 4.68 Å². The van der Waals surface area contributed by atoms with E-state index in [1.54, 1.807) is 12.1 Å². The van der Waals surface area contributed by atoms with Crippen molar-refractivity contribution < 1.29 is 4.79 Å². The summed E-state index contributed by atoms with van der Waals surface area (Å²) in [4.78, 5) is 12.3. The first-order chi connectivity index (χ1) is 8.75. The Labute approximate surface area is 104 Å². The van der Waals surface area contributed by atoms with Gasteiger partial charge in [0.2, 0.25) is 0 Å². The molecule has 4 nitrogen and oxygen atoms in total. The highest BCUT2D eigenvalue weighted by Gasteiger charge is 2.13. The molecule has 1 heterocycles. The van der Waals surface area contributed by atoms with Gasteiger partial charge in [-0.05, 0) is 36.8 Å². The largest absolute Gasteiger partial charge is 0.280 e. The molecule has 0 radical (unpaired) electrons. The summed E-state index contributed by atoms with van der Waals surface area (Å²) in [6.07, 6.45) is 0. The lowest BCUT2D eigenvalue weighted by atomic mass is 10.2. The molecule has 0 N–H and O–H groups in total. The quantitative estimate of drug-likeness (QED) is 0.653. The summed E-state index contributed by atoms with van der Waals surface area (Å²) >= 11 is 0. The first kappa shape index (κ1) is 10.7. The average molecular weight is 237 g/mol. The normalized spacial score (nSPS) is 10.7. The van der Waals surface area contributed by atoms with Gasteiger partial charge in [0.1, 0.15) is 5.52 Å². The topological polar surface area (TPSA) is 47.8 Å². The molecule has 2 aromatic carbocycles. The van der Waals surface area contributed by atoms with Crippen LogP contribution in [0.5, 0.6) is 0 Å². The molecule has 0 saturated heterocycles. The number of benzene rings is 2. The molecule has 18 heavy (non-hydrogen) atoms. The second kappa shape index (κ2) is 4.07. The third-order valence-electron chi connectivity index (χ3n) is 2.81. The van der Waals surface area contributed by atoms with Crippen molar-refractivity contribution in [2.75, 3.05) is 0 Å². The Hall–Kier alpha value is -2.49. The van der Waals surface area contributed by atoms with Gasteiger partial charge >= 0.3 is 0 Å². The Kier molecular flexibility index (Phi) is 2.41. The third-order valence-corrected chi connectivity index (χ3v) is 2.81. The highest BCUT2D eigenvalue weighted by Crippen LogP contribution is 2.14. The van der Waals surface area contributed by atoms with Crippen molar-refractivity contribution in [2.24, 2.45) is 0 Å². The lowest BCUT2D eigenvalue weighted by molar-refractivity contribution is 0.0948. The molecule has 0 amide bonds. The molecule has 0 spiro atoms. The van der Waals surface area contributed by atoms with Crippen molar-refractivity contribution in [3.05, 3.63) is 59.7 Å². The molecule has 0 saturated carbocycles. The number of nitrogens with zero attached hydrogens (tertiary/aromatic N) is 3. The number of hydrogen-bond acceptors (Lipinski definition) is 3. The van der Waals surface area contributed by atoms with E-state index in [4.69, 9.17) is 0 Å². The van der Waals surface area contributed by atoms with Gasteiger partial charge in [-0.25, -0.2) is 0 Å². The first-order valence-corrected chi connectivity index (χ1v) is 5.67. The van der Waals surface area contributed by atoms with Crippen LogP contribution in [0.2, 0.25) is 0 Å². The van der Waals surface area contributed by atoms with Crippen molar-refractivity contribution >= 4 is 16.9 Å². The van der Waals surface area contributed by atoms with Crippen LogP contribution in [-0.4, -0.2) is 20.9 Å². The number of aromatic nitrogens is 3. The minimum absolute atomic E-state index is 0.163. The van der Waals surface area contributed by atoms with Crippen LogP contribution in [-0.2, 0) is 0 Å². The first-order valence-electron chi connectivity index (χ1n) is 5.67. The molecule has 0 aliphatic rings. The SMILES string of the molecule is Cc1ccc2nnn(C(=O)c3ccccc3)c2c1. The number of rotatable bonds is 1. The molecular weight excluding hydrogens is 226 g/mol. The van der Waals surface area contributed by atoms with Crippen LogP contribution in [0.3, 0.4) is 0 Å². The predicted molar refractivity (Wildman–Crippen MR) is 68.4 cm³/mol. The zero-order valence-corrected chi connectivity index (χ0v) is 9.87. The van der Waals surface area contributed by atoms with Crippen LogP contribution in [0.4, 0.5) is 0 Å². The zero-order chi connectivity index (χ0) is 12.5. The van der Waals surface area contributed by atoms with Gasteiger partial charge in [-0.3, -0.25) is 4.79 Å². The van der Waals surface area contributed by atoms with Gasteiger partial charge in [0.15, 0.2) is 0 Å². The Morgan fingerprint density at radius 3 is 2.67 bits per heavy atom. The van der Waals surface area contributed by atoms with Crippen LogP contribution in [0.15, 0.2) is 48.5 Å². The number of fused-ring (bicyclic) bond motifs is 1. The minimum atomic E-state index is -0.163. The maximum Gasteiger partial charge on any atom is 0.280 e. The molecule has 3 rings (SSSR count). The third kappa shape index (κ3) is 1.68. The van der Waals surface area contributed by atoms with Crippen LogP contribution < -0.4 is 0 Å². The van der Waals surface area contributed by atoms with Crippen molar-refractivity contribution in [3.63, 3.8) is 0 Å². The van der Waals surface area contributed by atoms with Crippen molar-refractivity contribution in [3.8, 4) is 0 Å². The van der Waals surface area contributed by atoms with Crippen LogP contribution in [0, 0.1) is 6.92 Å².